The third-order valence-corrected chi connectivity index (χ3v) is 7.79. The lowest BCUT2D eigenvalue weighted by Gasteiger charge is -2.34. The minimum Gasteiger partial charge on any atom is -0.494 e. The number of sulfonamides is 1. The van der Waals surface area contributed by atoms with E-state index in [4.69, 9.17) is 4.74 Å². The molecule has 1 heterocycles. The van der Waals surface area contributed by atoms with Gasteiger partial charge in [0.1, 0.15) is 0 Å². The van der Waals surface area contributed by atoms with Crippen molar-refractivity contribution in [2.24, 2.45) is 0 Å². The van der Waals surface area contributed by atoms with Crippen LogP contribution in [0.25, 0.3) is 0 Å². The Bertz CT molecular complexity index is 1030. The van der Waals surface area contributed by atoms with Gasteiger partial charge in [-0.1, -0.05) is 19.9 Å². The molecule has 1 saturated heterocycles. The van der Waals surface area contributed by atoms with Crippen LogP contribution in [0.3, 0.4) is 0 Å². The lowest BCUT2D eigenvalue weighted by atomic mass is 10.1. The number of piperazine rings is 1. The van der Waals surface area contributed by atoms with E-state index in [-0.39, 0.29) is 22.4 Å². The molecule has 1 aliphatic rings. The van der Waals surface area contributed by atoms with E-state index in [1.165, 1.54) is 29.6 Å². The molecule has 3 rings (SSSR count). The summed E-state index contributed by atoms with van der Waals surface area (Å²) in [5.74, 6) is -0.280. The summed E-state index contributed by atoms with van der Waals surface area (Å²) in [5.41, 5.74) is 1.32. The van der Waals surface area contributed by atoms with Gasteiger partial charge in [0.25, 0.3) is 5.91 Å². The van der Waals surface area contributed by atoms with Crippen LogP contribution in [0.1, 0.15) is 29.8 Å². The van der Waals surface area contributed by atoms with Crippen molar-refractivity contribution in [3.05, 3.63) is 59.4 Å². The van der Waals surface area contributed by atoms with Crippen LogP contribution < -0.4 is 4.74 Å². The summed E-state index contributed by atoms with van der Waals surface area (Å²) in [4.78, 5) is 17.0. The molecule has 32 heavy (non-hydrogen) atoms. The van der Waals surface area contributed by atoms with Crippen molar-refractivity contribution in [1.82, 2.24) is 14.1 Å². The maximum absolute atomic E-state index is 13.9. The van der Waals surface area contributed by atoms with E-state index in [1.807, 2.05) is 6.07 Å². The molecule has 2 aromatic carbocycles. The summed E-state index contributed by atoms with van der Waals surface area (Å²) < 4.78 is 45.5. The van der Waals surface area contributed by atoms with Gasteiger partial charge in [0.15, 0.2) is 11.6 Å². The summed E-state index contributed by atoms with van der Waals surface area (Å²) in [6, 6.07) is 11.1. The molecule has 0 atom stereocenters. The number of rotatable bonds is 8. The molecular weight excluding hydrogens is 433 g/mol. The standard InChI is InChI=1S/C23H30FN3O4S/c1-4-27(5-2)32(29,30)20-9-7-19(8-10-20)23(28)26-14-12-25(13-15-26)17-18-6-11-22(31-3)21(24)16-18/h6-11,16H,4-5,12-15,17H2,1-3H3. The van der Waals surface area contributed by atoms with Crippen LogP contribution >= 0.6 is 0 Å². The maximum atomic E-state index is 13.9. The first-order valence-corrected chi connectivity index (χ1v) is 12.2. The lowest BCUT2D eigenvalue weighted by molar-refractivity contribution is 0.0628. The van der Waals surface area contributed by atoms with Crippen LogP contribution in [-0.2, 0) is 16.6 Å². The maximum Gasteiger partial charge on any atom is 0.253 e. The zero-order chi connectivity index (χ0) is 23.3. The second-order valence-corrected chi connectivity index (χ2v) is 9.59. The SMILES string of the molecule is CCN(CC)S(=O)(=O)c1ccc(C(=O)N2CCN(Cc3ccc(OC)c(F)c3)CC2)cc1. The summed E-state index contributed by atoms with van der Waals surface area (Å²) >= 11 is 0. The van der Waals surface area contributed by atoms with Crippen molar-refractivity contribution < 1.29 is 22.3 Å². The Morgan fingerprint density at radius 3 is 2.19 bits per heavy atom. The fraction of sp³-hybridized carbons (Fsp3) is 0.435. The molecule has 9 heteroatoms. The van der Waals surface area contributed by atoms with Crippen molar-refractivity contribution in [3.8, 4) is 5.75 Å². The average Bonchev–Trinajstić information content (AvgIpc) is 2.80. The molecule has 0 N–H and O–H groups in total. The molecule has 0 bridgehead atoms. The highest BCUT2D eigenvalue weighted by Gasteiger charge is 2.25. The van der Waals surface area contributed by atoms with E-state index < -0.39 is 10.0 Å². The quantitative estimate of drug-likeness (QED) is 0.602. The summed E-state index contributed by atoms with van der Waals surface area (Å²) in [5, 5.41) is 0. The van der Waals surface area contributed by atoms with E-state index in [9.17, 15) is 17.6 Å². The van der Waals surface area contributed by atoms with Gasteiger partial charge in [0.2, 0.25) is 10.0 Å². The highest BCUT2D eigenvalue weighted by Crippen LogP contribution is 2.20. The minimum atomic E-state index is -3.55. The number of methoxy groups -OCH3 is 1. The third kappa shape index (κ3) is 5.28. The first-order chi connectivity index (χ1) is 15.3. The van der Waals surface area contributed by atoms with Gasteiger partial charge in [-0.2, -0.15) is 4.31 Å². The lowest BCUT2D eigenvalue weighted by Crippen LogP contribution is -2.48. The molecule has 0 unspecified atom stereocenters. The second-order valence-electron chi connectivity index (χ2n) is 7.65. The van der Waals surface area contributed by atoms with E-state index in [2.05, 4.69) is 4.90 Å². The zero-order valence-corrected chi connectivity index (χ0v) is 19.6. The molecule has 2 aromatic rings. The highest BCUT2D eigenvalue weighted by atomic mass is 32.2. The number of hydrogen-bond donors (Lipinski definition) is 0. The molecule has 0 spiro atoms. The molecule has 7 nitrogen and oxygen atoms in total. The molecule has 1 aliphatic heterocycles. The zero-order valence-electron chi connectivity index (χ0n) is 18.8. The van der Waals surface area contributed by atoms with Crippen molar-refractivity contribution >= 4 is 15.9 Å². The van der Waals surface area contributed by atoms with Crippen molar-refractivity contribution in [2.75, 3.05) is 46.4 Å². The molecule has 174 valence electrons. The van der Waals surface area contributed by atoms with Crippen LogP contribution in [0, 0.1) is 5.82 Å². The van der Waals surface area contributed by atoms with Gasteiger partial charge in [-0.15, -0.1) is 0 Å². The molecule has 0 saturated carbocycles. The second kappa shape index (κ2) is 10.4. The number of carbonyl (C=O) groups is 1. The molecule has 1 amide bonds. The Labute approximate surface area is 189 Å². The molecular formula is C23H30FN3O4S. The number of amides is 1. The highest BCUT2D eigenvalue weighted by molar-refractivity contribution is 7.89. The summed E-state index contributed by atoms with van der Waals surface area (Å²) in [6.45, 7) is 7.43. The van der Waals surface area contributed by atoms with E-state index in [0.29, 0.717) is 51.4 Å². The Morgan fingerprint density at radius 2 is 1.66 bits per heavy atom. The number of halogens is 1. The molecule has 0 radical (unpaired) electrons. The molecule has 0 aliphatic carbocycles. The van der Waals surface area contributed by atoms with E-state index in [1.54, 1.807) is 36.9 Å². The Balaban J connectivity index is 1.59. The van der Waals surface area contributed by atoms with Crippen LogP contribution in [0.15, 0.2) is 47.4 Å². The van der Waals surface area contributed by atoms with E-state index in [0.717, 1.165) is 5.56 Å². The fourth-order valence-corrected chi connectivity index (χ4v) is 5.30. The molecule has 1 fully saturated rings. The Morgan fingerprint density at radius 1 is 1.03 bits per heavy atom. The Hall–Kier alpha value is -2.49. The van der Waals surface area contributed by atoms with Gasteiger partial charge in [-0.25, -0.2) is 12.8 Å². The summed E-state index contributed by atoms with van der Waals surface area (Å²) in [7, 11) is -2.11. The fourth-order valence-electron chi connectivity index (χ4n) is 3.84. The predicted octanol–water partition coefficient (Wildman–Crippen LogP) is 2.82. The van der Waals surface area contributed by atoms with Gasteiger partial charge in [-0.05, 0) is 42.0 Å². The van der Waals surface area contributed by atoms with Crippen LogP contribution in [-0.4, -0.2) is 74.8 Å². The van der Waals surface area contributed by atoms with Crippen molar-refractivity contribution in [3.63, 3.8) is 0 Å². The largest absolute Gasteiger partial charge is 0.494 e. The first-order valence-electron chi connectivity index (χ1n) is 10.7. The third-order valence-electron chi connectivity index (χ3n) is 5.73. The predicted molar refractivity (Wildman–Crippen MR) is 121 cm³/mol. The van der Waals surface area contributed by atoms with Gasteiger partial charge in [0.05, 0.1) is 12.0 Å². The number of hydrogen-bond acceptors (Lipinski definition) is 5. The van der Waals surface area contributed by atoms with Gasteiger partial charge < -0.3 is 9.64 Å². The minimum absolute atomic E-state index is 0.119. The normalized spacial score (nSPS) is 15.2. The van der Waals surface area contributed by atoms with Crippen molar-refractivity contribution in [2.45, 2.75) is 25.3 Å². The van der Waals surface area contributed by atoms with E-state index >= 15 is 0 Å². The molecule has 0 aromatic heterocycles. The number of benzene rings is 2. The Kier molecular flexibility index (Phi) is 7.86. The van der Waals surface area contributed by atoms with Crippen LogP contribution in [0.5, 0.6) is 5.75 Å². The average molecular weight is 464 g/mol. The van der Waals surface area contributed by atoms with Crippen molar-refractivity contribution in [1.29, 1.82) is 0 Å². The van der Waals surface area contributed by atoms with Gasteiger partial charge in [0, 0.05) is 51.4 Å². The summed E-state index contributed by atoms with van der Waals surface area (Å²) in [6.07, 6.45) is 0. The van der Waals surface area contributed by atoms with Gasteiger partial charge in [-0.3, -0.25) is 9.69 Å². The smallest absolute Gasteiger partial charge is 0.253 e. The van der Waals surface area contributed by atoms with Gasteiger partial charge >= 0.3 is 0 Å². The van der Waals surface area contributed by atoms with Crippen LogP contribution in [0.4, 0.5) is 4.39 Å². The number of nitrogens with zero attached hydrogens (tertiary/aromatic N) is 3. The monoisotopic (exact) mass is 463 g/mol. The first kappa shape index (κ1) is 24.2. The number of ether oxygens (including phenoxy) is 1. The van der Waals surface area contributed by atoms with Crippen LogP contribution in [0.2, 0.25) is 0 Å². The number of carbonyl (C=O) groups excluding carboxylic acids is 1. The topological polar surface area (TPSA) is 70.2 Å².